The lowest BCUT2D eigenvalue weighted by molar-refractivity contribution is -0.120. The molecular weight excluding hydrogens is 499 g/mol. The molecule has 4 rings (SSSR count). The lowest BCUT2D eigenvalue weighted by Crippen LogP contribution is -2.28. The monoisotopic (exact) mass is 522 g/mol. The number of carbonyl (C=O) groups excluding carboxylic acids is 1. The second kappa shape index (κ2) is 11.8. The Balaban J connectivity index is 1.48. The zero-order valence-corrected chi connectivity index (χ0v) is 21.2. The van der Waals surface area contributed by atoms with E-state index in [-0.39, 0.29) is 11.7 Å². The summed E-state index contributed by atoms with van der Waals surface area (Å²) < 4.78 is 15.1. The van der Waals surface area contributed by atoms with Gasteiger partial charge in [-0.15, -0.1) is 10.2 Å². The SMILES string of the molecule is C/C(=N\NC(=O)[C@@H](C)Sc1nnc(CNc2ccc(Cl)cc2)n1-c1ccccc1)c1ccc(F)cc1. The summed E-state index contributed by atoms with van der Waals surface area (Å²) in [4.78, 5) is 12.8. The third-order valence-corrected chi connectivity index (χ3v) is 6.55. The van der Waals surface area contributed by atoms with Gasteiger partial charge in [0.2, 0.25) is 0 Å². The van der Waals surface area contributed by atoms with Gasteiger partial charge in [-0.2, -0.15) is 5.10 Å². The van der Waals surface area contributed by atoms with E-state index in [0.717, 1.165) is 16.9 Å². The van der Waals surface area contributed by atoms with Crippen LogP contribution in [-0.2, 0) is 11.3 Å². The number of anilines is 1. The first-order valence-electron chi connectivity index (χ1n) is 11.2. The standard InChI is InChI=1S/C26H24ClFN6OS/c1-17(19-8-12-21(28)13-9-19)30-32-25(35)18(2)36-26-33-31-24(34(26)23-6-4-3-5-7-23)16-29-22-14-10-20(27)11-15-22/h3-15,18,29H,16H2,1-2H3,(H,32,35)/b30-17+/t18-/m1/s1. The number of hydrazone groups is 1. The number of nitrogens with one attached hydrogen (secondary N) is 2. The fourth-order valence-corrected chi connectivity index (χ4v) is 4.28. The molecule has 0 aliphatic rings. The highest BCUT2D eigenvalue weighted by Gasteiger charge is 2.21. The van der Waals surface area contributed by atoms with Crippen molar-refractivity contribution in [3.63, 3.8) is 0 Å². The molecule has 0 unspecified atom stereocenters. The van der Waals surface area contributed by atoms with Gasteiger partial charge in [-0.05, 0) is 67.9 Å². The molecule has 1 aromatic heterocycles. The average Bonchev–Trinajstić information content (AvgIpc) is 3.29. The fraction of sp³-hybridized carbons (Fsp3) is 0.154. The average molecular weight is 523 g/mol. The minimum atomic E-state index is -0.501. The van der Waals surface area contributed by atoms with Gasteiger partial charge in [0, 0.05) is 16.4 Å². The molecule has 36 heavy (non-hydrogen) atoms. The van der Waals surface area contributed by atoms with Crippen LogP contribution in [0.4, 0.5) is 10.1 Å². The molecule has 2 N–H and O–H groups in total. The summed E-state index contributed by atoms with van der Waals surface area (Å²) in [7, 11) is 0. The van der Waals surface area contributed by atoms with Gasteiger partial charge in [-0.1, -0.05) is 53.7 Å². The summed E-state index contributed by atoms with van der Waals surface area (Å²) in [6, 6.07) is 23.1. The van der Waals surface area contributed by atoms with Gasteiger partial charge < -0.3 is 5.32 Å². The van der Waals surface area contributed by atoms with Crippen molar-refractivity contribution >= 4 is 40.7 Å². The van der Waals surface area contributed by atoms with Crippen molar-refractivity contribution in [1.82, 2.24) is 20.2 Å². The number of hydrogen-bond donors (Lipinski definition) is 2. The van der Waals surface area contributed by atoms with Crippen molar-refractivity contribution in [2.45, 2.75) is 30.8 Å². The summed E-state index contributed by atoms with van der Waals surface area (Å²) in [6.45, 7) is 3.95. The van der Waals surface area contributed by atoms with E-state index in [1.54, 1.807) is 26.0 Å². The Labute approximate surface area is 217 Å². The van der Waals surface area contributed by atoms with Crippen LogP contribution in [0.3, 0.4) is 0 Å². The van der Waals surface area contributed by atoms with Gasteiger partial charge in [0.15, 0.2) is 11.0 Å². The molecule has 7 nitrogen and oxygen atoms in total. The molecule has 0 spiro atoms. The van der Waals surface area contributed by atoms with Crippen LogP contribution in [0.15, 0.2) is 89.1 Å². The van der Waals surface area contributed by atoms with Crippen LogP contribution in [0.1, 0.15) is 25.2 Å². The highest BCUT2D eigenvalue weighted by molar-refractivity contribution is 8.00. The normalized spacial score (nSPS) is 12.3. The Morgan fingerprint density at radius 3 is 2.44 bits per heavy atom. The third kappa shape index (κ3) is 6.50. The summed E-state index contributed by atoms with van der Waals surface area (Å²) in [6.07, 6.45) is 0. The molecule has 10 heteroatoms. The number of halogens is 2. The molecule has 184 valence electrons. The number of thioether (sulfide) groups is 1. The Hall–Kier alpha value is -3.69. The summed E-state index contributed by atoms with van der Waals surface area (Å²) in [5, 5.41) is 17.0. The van der Waals surface area contributed by atoms with Crippen LogP contribution in [0.2, 0.25) is 5.02 Å². The molecule has 1 heterocycles. The highest BCUT2D eigenvalue weighted by atomic mass is 35.5. The van der Waals surface area contributed by atoms with Crippen molar-refractivity contribution in [2.75, 3.05) is 5.32 Å². The largest absolute Gasteiger partial charge is 0.378 e. The molecule has 0 aliphatic carbocycles. The zero-order valence-electron chi connectivity index (χ0n) is 19.7. The van der Waals surface area contributed by atoms with Crippen LogP contribution in [-0.4, -0.2) is 31.6 Å². The first kappa shape index (κ1) is 25.4. The predicted octanol–water partition coefficient (Wildman–Crippen LogP) is 5.69. The number of nitrogens with zero attached hydrogens (tertiary/aromatic N) is 4. The number of carbonyl (C=O) groups is 1. The quantitative estimate of drug-likeness (QED) is 0.167. The molecule has 3 aromatic carbocycles. The highest BCUT2D eigenvalue weighted by Crippen LogP contribution is 2.26. The minimum absolute atomic E-state index is 0.287. The number of para-hydroxylation sites is 1. The topological polar surface area (TPSA) is 84.2 Å². The van der Waals surface area contributed by atoms with Gasteiger partial charge in [-0.3, -0.25) is 9.36 Å². The van der Waals surface area contributed by atoms with E-state index in [2.05, 4.69) is 26.0 Å². The van der Waals surface area contributed by atoms with Crippen molar-refractivity contribution < 1.29 is 9.18 Å². The van der Waals surface area contributed by atoms with Crippen molar-refractivity contribution in [3.05, 3.63) is 101 Å². The van der Waals surface area contributed by atoms with Crippen LogP contribution in [0.25, 0.3) is 5.69 Å². The smallest absolute Gasteiger partial charge is 0.253 e. The van der Waals surface area contributed by atoms with Crippen molar-refractivity contribution in [3.8, 4) is 5.69 Å². The first-order valence-corrected chi connectivity index (χ1v) is 12.4. The van der Waals surface area contributed by atoms with Gasteiger partial charge in [-0.25, -0.2) is 9.82 Å². The Morgan fingerprint density at radius 1 is 1.06 bits per heavy atom. The van der Waals surface area contributed by atoms with E-state index in [0.29, 0.717) is 28.3 Å². The van der Waals surface area contributed by atoms with Crippen LogP contribution < -0.4 is 10.7 Å². The first-order chi connectivity index (χ1) is 17.4. The van der Waals surface area contributed by atoms with Gasteiger partial charge in [0.1, 0.15) is 5.82 Å². The maximum atomic E-state index is 13.1. The molecule has 0 aliphatic heterocycles. The Morgan fingerprint density at radius 2 is 1.75 bits per heavy atom. The lowest BCUT2D eigenvalue weighted by atomic mass is 10.1. The molecule has 0 radical (unpaired) electrons. The van der Waals surface area contributed by atoms with Crippen molar-refractivity contribution in [2.24, 2.45) is 5.10 Å². The van der Waals surface area contributed by atoms with Crippen LogP contribution >= 0.6 is 23.4 Å². The zero-order chi connectivity index (χ0) is 25.5. The van der Waals surface area contributed by atoms with E-state index in [4.69, 9.17) is 11.6 Å². The molecule has 1 amide bonds. The maximum absolute atomic E-state index is 13.1. The molecule has 0 saturated heterocycles. The number of benzene rings is 3. The maximum Gasteiger partial charge on any atom is 0.253 e. The predicted molar refractivity (Wildman–Crippen MR) is 142 cm³/mol. The number of hydrogen-bond acceptors (Lipinski definition) is 6. The van der Waals surface area contributed by atoms with Crippen molar-refractivity contribution in [1.29, 1.82) is 0 Å². The lowest BCUT2D eigenvalue weighted by Gasteiger charge is -2.13. The van der Waals surface area contributed by atoms with E-state index in [1.165, 1.54) is 23.9 Å². The van der Waals surface area contributed by atoms with E-state index >= 15 is 0 Å². The third-order valence-electron chi connectivity index (χ3n) is 5.26. The van der Waals surface area contributed by atoms with Gasteiger partial charge in [0.05, 0.1) is 17.5 Å². The molecule has 0 fully saturated rings. The number of amides is 1. The van der Waals surface area contributed by atoms with Gasteiger partial charge in [0.25, 0.3) is 5.91 Å². The molecule has 1 atom stereocenters. The minimum Gasteiger partial charge on any atom is -0.378 e. The fourth-order valence-electron chi connectivity index (χ4n) is 3.27. The molecule has 0 bridgehead atoms. The second-order valence-corrected chi connectivity index (χ2v) is 9.61. The Bertz CT molecular complexity index is 1340. The number of rotatable bonds is 9. The van der Waals surface area contributed by atoms with Gasteiger partial charge >= 0.3 is 0 Å². The van der Waals surface area contributed by atoms with E-state index in [9.17, 15) is 9.18 Å². The van der Waals surface area contributed by atoms with Crippen LogP contribution in [0.5, 0.6) is 0 Å². The molecule has 4 aromatic rings. The summed E-state index contributed by atoms with van der Waals surface area (Å²) >= 11 is 7.26. The molecule has 0 saturated carbocycles. The summed E-state index contributed by atoms with van der Waals surface area (Å²) in [5.41, 5.74) is 5.67. The number of aromatic nitrogens is 3. The molecular formula is C26H24ClFN6OS. The Kier molecular flexibility index (Phi) is 8.35. The van der Waals surface area contributed by atoms with E-state index in [1.807, 2.05) is 59.2 Å². The van der Waals surface area contributed by atoms with Crippen LogP contribution in [0, 0.1) is 5.82 Å². The second-order valence-electron chi connectivity index (χ2n) is 7.87. The summed E-state index contributed by atoms with van der Waals surface area (Å²) in [5.74, 6) is 0.0761. The van der Waals surface area contributed by atoms with E-state index < -0.39 is 5.25 Å².